The van der Waals surface area contributed by atoms with Crippen LogP contribution in [-0.4, -0.2) is 22.1 Å². The fourth-order valence-electron chi connectivity index (χ4n) is 4.60. The van der Waals surface area contributed by atoms with E-state index in [-0.39, 0.29) is 11.9 Å². The number of carbonyl (C=O) groups is 1. The molecule has 7 heteroatoms. The van der Waals surface area contributed by atoms with Crippen molar-refractivity contribution in [1.29, 1.82) is 0 Å². The summed E-state index contributed by atoms with van der Waals surface area (Å²) in [6.07, 6.45) is 4.42. The van der Waals surface area contributed by atoms with Gasteiger partial charge in [0.05, 0.1) is 11.3 Å². The minimum Gasteiger partial charge on any atom is -0.334 e. The first-order chi connectivity index (χ1) is 16.2. The maximum Gasteiger partial charge on any atom is 0.259 e. The molecule has 0 radical (unpaired) electrons. The van der Waals surface area contributed by atoms with E-state index in [0.717, 1.165) is 49.5 Å². The summed E-state index contributed by atoms with van der Waals surface area (Å²) in [5, 5.41) is 4.23. The van der Waals surface area contributed by atoms with E-state index in [0.29, 0.717) is 11.7 Å². The summed E-state index contributed by atoms with van der Waals surface area (Å²) < 4.78 is 6.54. The zero-order valence-electron chi connectivity index (χ0n) is 17.7. The van der Waals surface area contributed by atoms with Crippen LogP contribution < -0.4 is 4.90 Å². The van der Waals surface area contributed by atoms with E-state index in [2.05, 4.69) is 32.1 Å². The lowest BCUT2D eigenvalue weighted by Gasteiger charge is -2.29. The number of rotatable bonds is 3. The summed E-state index contributed by atoms with van der Waals surface area (Å²) in [7, 11) is 0. The molecule has 0 unspecified atom stereocenters. The lowest BCUT2D eigenvalue weighted by Crippen LogP contribution is -2.39. The first-order valence-electron chi connectivity index (χ1n) is 11.0. The average molecular weight is 518 g/mol. The van der Waals surface area contributed by atoms with Gasteiger partial charge in [0.15, 0.2) is 0 Å². The molecule has 4 aromatic rings. The lowest BCUT2D eigenvalue weighted by molar-refractivity contribution is 0.0974. The Labute approximate surface area is 204 Å². The molecule has 0 atom stereocenters. The predicted molar refractivity (Wildman–Crippen MR) is 133 cm³/mol. The number of carbonyl (C=O) groups excluding carboxylic acids is 1. The van der Waals surface area contributed by atoms with E-state index in [1.165, 1.54) is 12.8 Å². The lowest BCUT2D eigenvalue weighted by atomic mass is 10.1. The summed E-state index contributed by atoms with van der Waals surface area (Å²) >= 11 is 5.08. The fourth-order valence-corrected chi connectivity index (χ4v) is 5.97. The van der Waals surface area contributed by atoms with Gasteiger partial charge in [-0.25, -0.2) is 0 Å². The Balaban J connectivity index is 1.42. The van der Waals surface area contributed by atoms with Gasteiger partial charge in [0.25, 0.3) is 11.8 Å². The van der Waals surface area contributed by atoms with Crippen LogP contribution >= 0.6 is 27.7 Å². The van der Waals surface area contributed by atoms with Crippen LogP contribution in [0.3, 0.4) is 0 Å². The highest BCUT2D eigenvalue weighted by atomic mass is 79.9. The third kappa shape index (κ3) is 3.79. The molecular formula is C26H20BrN3O2S. The highest BCUT2D eigenvalue weighted by Crippen LogP contribution is 2.45. The first-order valence-corrected chi connectivity index (χ1v) is 12.6. The van der Waals surface area contributed by atoms with Crippen molar-refractivity contribution in [2.75, 3.05) is 4.90 Å². The Bertz CT molecular complexity index is 1350. The monoisotopic (exact) mass is 517 g/mol. The van der Waals surface area contributed by atoms with Crippen LogP contribution in [0.25, 0.3) is 22.8 Å². The molecule has 2 aliphatic rings. The van der Waals surface area contributed by atoms with Crippen molar-refractivity contribution >= 4 is 39.3 Å². The molecule has 0 N–H and O–H groups in total. The van der Waals surface area contributed by atoms with Crippen LogP contribution in [0.2, 0.25) is 0 Å². The second kappa shape index (κ2) is 8.47. The van der Waals surface area contributed by atoms with Gasteiger partial charge in [-0.1, -0.05) is 57.8 Å². The number of benzene rings is 3. The summed E-state index contributed by atoms with van der Waals surface area (Å²) in [5.74, 6) is 1.11. The van der Waals surface area contributed by atoms with Gasteiger partial charge in [0.2, 0.25) is 5.82 Å². The van der Waals surface area contributed by atoms with Gasteiger partial charge in [0, 0.05) is 31.4 Å². The van der Waals surface area contributed by atoms with Crippen LogP contribution in [0.4, 0.5) is 5.69 Å². The van der Waals surface area contributed by atoms with E-state index >= 15 is 0 Å². The Morgan fingerprint density at radius 3 is 2.52 bits per heavy atom. The Morgan fingerprint density at radius 2 is 1.70 bits per heavy atom. The second-order valence-electron chi connectivity index (χ2n) is 8.32. The number of aromatic nitrogens is 2. The zero-order valence-corrected chi connectivity index (χ0v) is 20.1. The van der Waals surface area contributed by atoms with Gasteiger partial charge >= 0.3 is 0 Å². The van der Waals surface area contributed by atoms with Gasteiger partial charge in [-0.3, -0.25) is 4.79 Å². The maximum absolute atomic E-state index is 13.6. The number of nitrogens with zero attached hydrogens (tertiary/aromatic N) is 3. The van der Waals surface area contributed by atoms with Crippen molar-refractivity contribution in [3.8, 4) is 22.8 Å². The maximum atomic E-state index is 13.6. The molecule has 33 heavy (non-hydrogen) atoms. The van der Waals surface area contributed by atoms with Crippen LogP contribution in [-0.2, 0) is 0 Å². The van der Waals surface area contributed by atoms with Gasteiger partial charge < -0.3 is 9.42 Å². The van der Waals surface area contributed by atoms with Crippen molar-refractivity contribution in [3.63, 3.8) is 0 Å². The molecule has 1 amide bonds. The van der Waals surface area contributed by atoms with Crippen LogP contribution in [0.5, 0.6) is 0 Å². The van der Waals surface area contributed by atoms with Crippen LogP contribution in [0, 0.1) is 0 Å². The van der Waals surface area contributed by atoms with E-state index in [9.17, 15) is 4.79 Å². The smallest absolute Gasteiger partial charge is 0.259 e. The van der Waals surface area contributed by atoms with Crippen LogP contribution in [0.1, 0.15) is 36.0 Å². The van der Waals surface area contributed by atoms with Crippen molar-refractivity contribution in [1.82, 2.24) is 10.1 Å². The van der Waals surface area contributed by atoms with Crippen molar-refractivity contribution < 1.29 is 9.32 Å². The van der Waals surface area contributed by atoms with E-state index in [1.54, 1.807) is 11.8 Å². The number of hydrogen-bond acceptors (Lipinski definition) is 5. The summed E-state index contributed by atoms with van der Waals surface area (Å²) in [6.45, 7) is 0. The highest BCUT2D eigenvalue weighted by Gasteiger charge is 2.34. The fraction of sp³-hybridized carbons (Fsp3) is 0.192. The summed E-state index contributed by atoms with van der Waals surface area (Å²) in [6, 6.07) is 22.0. The molecule has 6 rings (SSSR count). The molecule has 1 aliphatic carbocycles. The summed E-state index contributed by atoms with van der Waals surface area (Å²) in [4.78, 5) is 22.3. The van der Waals surface area contributed by atoms with Gasteiger partial charge in [-0.2, -0.15) is 4.98 Å². The van der Waals surface area contributed by atoms with Crippen molar-refractivity contribution in [2.45, 2.75) is 41.5 Å². The SMILES string of the molecule is O=C1c2ccccc2Sc2cc(-c3noc(-c4ccc(Br)cc4)n3)ccc2N1C1CCCC1. The number of fused-ring (bicyclic) bond motifs is 2. The molecule has 1 aliphatic heterocycles. The topological polar surface area (TPSA) is 59.2 Å². The number of anilines is 1. The van der Waals surface area contributed by atoms with E-state index in [4.69, 9.17) is 4.52 Å². The standard InChI is InChI=1S/C26H20BrN3O2S/c27-18-12-9-16(10-13-18)25-28-24(29-32-25)17-11-14-21-23(15-17)33-22-8-4-3-7-20(22)26(31)30(21)19-5-1-2-6-19/h3-4,7-15,19H,1-2,5-6H2. The Kier molecular flexibility index (Phi) is 5.31. The molecule has 0 spiro atoms. The third-order valence-corrected chi connectivity index (χ3v) is 7.89. The van der Waals surface area contributed by atoms with E-state index < -0.39 is 0 Å². The summed E-state index contributed by atoms with van der Waals surface area (Å²) in [5.41, 5.74) is 3.47. The molecule has 1 saturated carbocycles. The minimum atomic E-state index is 0.0913. The Hall–Kier alpha value is -2.90. The molecule has 2 heterocycles. The van der Waals surface area contributed by atoms with Gasteiger partial charge in [-0.15, -0.1) is 0 Å². The quantitative estimate of drug-likeness (QED) is 0.287. The molecule has 164 valence electrons. The third-order valence-electron chi connectivity index (χ3n) is 6.24. The van der Waals surface area contributed by atoms with Crippen molar-refractivity contribution in [2.24, 2.45) is 0 Å². The molecule has 0 bridgehead atoms. The largest absolute Gasteiger partial charge is 0.334 e. The number of amides is 1. The molecule has 1 fully saturated rings. The average Bonchev–Trinajstić information content (AvgIpc) is 3.52. The molecular weight excluding hydrogens is 498 g/mol. The number of hydrogen-bond donors (Lipinski definition) is 0. The zero-order chi connectivity index (χ0) is 22.4. The predicted octanol–water partition coefficient (Wildman–Crippen LogP) is 7.22. The van der Waals surface area contributed by atoms with Crippen molar-refractivity contribution in [3.05, 3.63) is 76.8 Å². The Morgan fingerprint density at radius 1 is 0.939 bits per heavy atom. The van der Waals surface area contributed by atoms with Gasteiger partial charge in [-0.05, 0) is 67.4 Å². The van der Waals surface area contributed by atoms with Gasteiger partial charge in [0.1, 0.15) is 0 Å². The van der Waals surface area contributed by atoms with E-state index in [1.807, 2.05) is 65.6 Å². The highest BCUT2D eigenvalue weighted by molar-refractivity contribution is 9.10. The normalized spacial score (nSPS) is 15.9. The molecule has 5 nitrogen and oxygen atoms in total. The molecule has 1 aromatic heterocycles. The molecule has 0 saturated heterocycles. The van der Waals surface area contributed by atoms with Crippen LogP contribution in [0.15, 0.2) is 85.5 Å². The first kappa shape index (κ1) is 20.7. The number of halogens is 1. The molecule has 3 aromatic carbocycles. The minimum absolute atomic E-state index is 0.0913. The second-order valence-corrected chi connectivity index (χ2v) is 10.3.